The topological polar surface area (TPSA) is 66.5 Å². The number of nitrogens with one attached hydrogen (secondary N) is 2. The van der Waals surface area contributed by atoms with Crippen LogP contribution in [-0.2, 0) is 6.18 Å². The largest absolute Gasteiger partial charge is 0.416 e. The predicted molar refractivity (Wildman–Crippen MR) is 91.8 cm³/mol. The van der Waals surface area contributed by atoms with E-state index in [-0.39, 0.29) is 11.3 Å². The molecule has 0 fully saturated rings. The van der Waals surface area contributed by atoms with E-state index >= 15 is 0 Å². The Morgan fingerprint density at radius 1 is 0.926 bits per heavy atom. The maximum absolute atomic E-state index is 14.4. The summed E-state index contributed by atoms with van der Waals surface area (Å²) in [4.78, 5) is 14.8. The van der Waals surface area contributed by atoms with E-state index in [1.807, 2.05) is 0 Å². The average Bonchev–Trinajstić information content (AvgIpc) is 3.07. The van der Waals surface area contributed by atoms with Gasteiger partial charge in [0.1, 0.15) is 17.7 Å². The van der Waals surface area contributed by atoms with E-state index in [2.05, 4.69) is 25.3 Å². The lowest BCUT2D eigenvalue weighted by molar-refractivity contribution is -0.137. The van der Waals surface area contributed by atoms with Gasteiger partial charge in [-0.3, -0.25) is 0 Å². The highest BCUT2D eigenvalue weighted by molar-refractivity contribution is 5.84. The van der Waals surface area contributed by atoms with Crippen molar-refractivity contribution < 1.29 is 17.6 Å². The molecule has 4 aromatic rings. The number of anilines is 2. The van der Waals surface area contributed by atoms with E-state index in [0.717, 1.165) is 12.1 Å². The molecule has 0 unspecified atom stereocenters. The highest BCUT2D eigenvalue weighted by Gasteiger charge is 2.30. The third-order valence-electron chi connectivity index (χ3n) is 3.87. The number of H-pyrrole nitrogens is 1. The molecule has 0 amide bonds. The van der Waals surface area contributed by atoms with Gasteiger partial charge in [-0.25, -0.2) is 19.3 Å². The van der Waals surface area contributed by atoms with Crippen molar-refractivity contribution in [3.63, 3.8) is 0 Å². The van der Waals surface area contributed by atoms with Crippen LogP contribution in [0.15, 0.2) is 55.1 Å². The number of aromatic amines is 1. The molecule has 4 rings (SSSR count). The van der Waals surface area contributed by atoms with Crippen LogP contribution < -0.4 is 5.32 Å². The van der Waals surface area contributed by atoms with Crippen LogP contribution in [0.3, 0.4) is 0 Å². The minimum atomic E-state index is -4.42. The number of imidazole rings is 1. The molecule has 0 saturated carbocycles. The van der Waals surface area contributed by atoms with Crippen molar-refractivity contribution in [2.45, 2.75) is 6.18 Å². The highest BCUT2D eigenvalue weighted by atomic mass is 19.4. The van der Waals surface area contributed by atoms with Gasteiger partial charge in [-0.15, -0.1) is 0 Å². The number of alkyl halides is 3. The lowest BCUT2D eigenvalue weighted by atomic mass is 10.1. The molecule has 0 saturated heterocycles. The van der Waals surface area contributed by atoms with Crippen molar-refractivity contribution >= 4 is 22.4 Å². The monoisotopic (exact) mass is 373 g/mol. The third kappa shape index (κ3) is 3.43. The third-order valence-corrected chi connectivity index (χ3v) is 3.87. The predicted octanol–water partition coefficient (Wildman–Crippen LogP) is 4.92. The number of benzene rings is 2. The lowest BCUT2D eigenvalue weighted by Crippen LogP contribution is -2.04. The van der Waals surface area contributed by atoms with Gasteiger partial charge in [-0.1, -0.05) is 12.1 Å². The van der Waals surface area contributed by atoms with Gasteiger partial charge in [0.15, 0.2) is 5.82 Å². The fourth-order valence-electron chi connectivity index (χ4n) is 2.63. The van der Waals surface area contributed by atoms with Crippen LogP contribution in [0.1, 0.15) is 5.56 Å². The fourth-order valence-corrected chi connectivity index (χ4v) is 2.63. The molecule has 0 bridgehead atoms. The summed E-state index contributed by atoms with van der Waals surface area (Å²) in [6, 6.07) is 7.42. The Morgan fingerprint density at radius 2 is 1.63 bits per heavy atom. The van der Waals surface area contributed by atoms with Crippen LogP contribution in [-0.4, -0.2) is 19.9 Å². The number of aromatic nitrogens is 4. The van der Waals surface area contributed by atoms with Crippen molar-refractivity contribution in [3.05, 3.63) is 66.5 Å². The van der Waals surface area contributed by atoms with Crippen LogP contribution in [0.2, 0.25) is 0 Å². The molecule has 0 radical (unpaired) electrons. The number of fused-ring (bicyclic) bond motifs is 1. The lowest BCUT2D eigenvalue weighted by Gasteiger charge is -2.06. The van der Waals surface area contributed by atoms with E-state index in [0.29, 0.717) is 22.5 Å². The maximum atomic E-state index is 14.4. The van der Waals surface area contributed by atoms with Gasteiger partial charge in [0.05, 0.1) is 29.2 Å². The Bertz CT molecular complexity index is 1090. The first kappa shape index (κ1) is 17.0. The first-order chi connectivity index (χ1) is 12.9. The van der Waals surface area contributed by atoms with Crippen molar-refractivity contribution in [2.75, 3.05) is 5.32 Å². The zero-order valence-corrected chi connectivity index (χ0v) is 13.5. The normalized spacial score (nSPS) is 11.7. The van der Waals surface area contributed by atoms with Gasteiger partial charge in [0, 0.05) is 11.3 Å². The molecule has 2 aromatic carbocycles. The SMILES string of the molecule is Fc1cc(Nc2cncnc2)cc2[nH]c(-c3ccc(C(F)(F)F)cc3)nc12. The summed E-state index contributed by atoms with van der Waals surface area (Å²) in [5.41, 5.74) is 1.20. The molecular formula is C18H11F4N5. The fraction of sp³-hybridized carbons (Fsp3) is 0.0556. The molecule has 0 aliphatic carbocycles. The van der Waals surface area contributed by atoms with E-state index < -0.39 is 17.6 Å². The van der Waals surface area contributed by atoms with E-state index in [1.165, 1.54) is 36.9 Å². The van der Waals surface area contributed by atoms with Crippen LogP contribution in [0.5, 0.6) is 0 Å². The number of nitrogens with zero attached hydrogens (tertiary/aromatic N) is 3. The molecule has 2 heterocycles. The summed E-state index contributed by atoms with van der Waals surface area (Å²) in [5, 5.41) is 2.97. The molecule has 2 aromatic heterocycles. The summed E-state index contributed by atoms with van der Waals surface area (Å²) in [6.45, 7) is 0. The van der Waals surface area contributed by atoms with Gasteiger partial charge >= 0.3 is 6.18 Å². The van der Waals surface area contributed by atoms with Crippen LogP contribution in [0, 0.1) is 5.82 Å². The summed E-state index contributed by atoms with van der Waals surface area (Å²) < 4.78 is 52.4. The Balaban J connectivity index is 1.69. The zero-order valence-electron chi connectivity index (χ0n) is 13.5. The molecule has 0 aliphatic rings. The second-order valence-corrected chi connectivity index (χ2v) is 5.77. The summed E-state index contributed by atoms with van der Waals surface area (Å²) in [5.74, 6) is -0.293. The molecule has 2 N–H and O–H groups in total. The van der Waals surface area contributed by atoms with Crippen molar-refractivity contribution in [3.8, 4) is 11.4 Å². The standard InChI is InChI=1S/C18H11F4N5/c19-14-5-12(25-13-7-23-9-24-8-13)6-15-16(14)27-17(26-15)10-1-3-11(4-2-10)18(20,21)22/h1-9,25H,(H,26,27). The quantitative estimate of drug-likeness (QED) is 0.500. The first-order valence-corrected chi connectivity index (χ1v) is 7.79. The van der Waals surface area contributed by atoms with E-state index in [4.69, 9.17) is 0 Å². The smallest absolute Gasteiger partial charge is 0.353 e. The second-order valence-electron chi connectivity index (χ2n) is 5.77. The molecule has 0 aliphatic heterocycles. The number of hydrogen-bond acceptors (Lipinski definition) is 4. The molecule has 9 heteroatoms. The number of hydrogen-bond donors (Lipinski definition) is 2. The van der Waals surface area contributed by atoms with Gasteiger partial charge in [-0.2, -0.15) is 13.2 Å². The van der Waals surface area contributed by atoms with E-state index in [1.54, 1.807) is 6.07 Å². The minimum absolute atomic E-state index is 0.0970. The second kappa shape index (κ2) is 6.35. The van der Waals surface area contributed by atoms with Crippen LogP contribution in [0.25, 0.3) is 22.4 Å². The highest BCUT2D eigenvalue weighted by Crippen LogP contribution is 2.31. The van der Waals surface area contributed by atoms with Crippen molar-refractivity contribution in [1.29, 1.82) is 0 Å². The summed E-state index contributed by atoms with van der Waals surface area (Å²) in [7, 11) is 0. The average molecular weight is 373 g/mol. The molecular weight excluding hydrogens is 362 g/mol. The number of halogens is 4. The number of rotatable bonds is 3. The summed E-state index contributed by atoms with van der Waals surface area (Å²) >= 11 is 0. The molecule has 136 valence electrons. The first-order valence-electron chi connectivity index (χ1n) is 7.79. The Hall–Kier alpha value is -3.49. The molecule has 0 atom stereocenters. The molecule has 5 nitrogen and oxygen atoms in total. The van der Waals surface area contributed by atoms with Gasteiger partial charge < -0.3 is 10.3 Å². The van der Waals surface area contributed by atoms with Gasteiger partial charge in [0.25, 0.3) is 0 Å². The Morgan fingerprint density at radius 3 is 2.30 bits per heavy atom. The van der Waals surface area contributed by atoms with Gasteiger partial charge in [0.2, 0.25) is 0 Å². The minimum Gasteiger partial charge on any atom is -0.353 e. The van der Waals surface area contributed by atoms with Crippen LogP contribution >= 0.6 is 0 Å². The van der Waals surface area contributed by atoms with Crippen molar-refractivity contribution in [2.24, 2.45) is 0 Å². The van der Waals surface area contributed by atoms with Gasteiger partial charge in [-0.05, 0) is 24.3 Å². The maximum Gasteiger partial charge on any atom is 0.416 e. The summed E-state index contributed by atoms with van der Waals surface area (Å²) in [6.07, 6.45) is 0.0335. The van der Waals surface area contributed by atoms with Crippen molar-refractivity contribution in [1.82, 2.24) is 19.9 Å². The van der Waals surface area contributed by atoms with E-state index in [9.17, 15) is 17.6 Å². The molecule has 0 spiro atoms. The molecule has 27 heavy (non-hydrogen) atoms. The zero-order chi connectivity index (χ0) is 19.0. The van der Waals surface area contributed by atoms with Crippen LogP contribution in [0.4, 0.5) is 28.9 Å². The Kier molecular flexibility index (Phi) is 3.98. The Labute approximate surface area is 150 Å².